The standard InChI is InChI=1S/C43H47Cl3N4O12S3/c1-7-63-24-17-25(51)50(40(24)53)14-10-8-9-13-47-39(52)29-30(44)27(28(41(54)55)31(45)32(29)46)26-22-15-20-11-12-42(3,4)48-33(20)37(64(56,57)58)35(22)62-36-23(26)16-21-19(2)18-43(5,6)49-34(21)38(36)65(59,60)61/h15-16,19,24,49H,7-14,17-18H2,1-6H3,(H,47,52)(H,54,55)(H,56,57,58)(H,59,60,61)/p-1. The minimum atomic E-state index is -5.55. The lowest BCUT2D eigenvalue weighted by Crippen LogP contribution is -2.90. The fraction of sp³-hybridized carbons (Fsp3) is 0.465. The van der Waals surface area contributed by atoms with E-state index in [1.54, 1.807) is 34.6 Å². The van der Waals surface area contributed by atoms with Crippen LogP contribution in [0.1, 0.15) is 129 Å². The molecule has 0 bridgehead atoms. The van der Waals surface area contributed by atoms with Crippen LogP contribution in [0.25, 0.3) is 5.57 Å². The smallest absolute Gasteiger partial charge is 0.337 e. The number of hydrogen-bond acceptors (Lipinski definition) is 13. The van der Waals surface area contributed by atoms with Crippen molar-refractivity contribution in [1.82, 2.24) is 10.2 Å². The normalized spacial score (nSPS) is 19.6. The van der Waals surface area contributed by atoms with Crippen LogP contribution in [0, 0.1) is 0 Å². The van der Waals surface area contributed by atoms with Crippen LogP contribution in [0.15, 0.2) is 21.9 Å². The molecule has 3 aromatic rings. The molecule has 3 aromatic carbocycles. The Morgan fingerprint density at radius 3 is 2.28 bits per heavy atom. The number of nitrogens with zero attached hydrogens (tertiary/aromatic N) is 1. The molecule has 22 heteroatoms. The molecule has 0 saturated carbocycles. The second kappa shape index (κ2) is 17.6. The predicted octanol–water partition coefficient (Wildman–Crippen LogP) is 4.41. The van der Waals surface area contributed by atoms with Crippen LogP contribution < -0.4 is 30.9 Å². The molecule has 2 unspecified atom stereocenters. The number of likely N-dealkylation sites (tertiary alicyclic amines) is 1. The van der Waals surface area contributed by atoms with Gasteiger partial charge in [-0.1, -0.05) is 48.7 Å². The summed E-state index contributed by atoms with van der Waals surface area (Å²) in [6, 6.07) is 2.94. The number of benzene rings is 3. The topological polar surface area (TPSA) is 253 Å². The second-order valence-electron chi connectivity index (χ2n) is 17.9. The molecular formula is C43H46Cl3N4O12S3-. The van der Waals surface area contributed by atoms with E-state index in [1.165, 1.54) is 28.8 Å². The molecule has 4 N–H and O–H groups in total. The van der Waals surface area contributed by atoms with Crippen molar-refractivity contribution in [2.45, 2.75) is 119 Å². The molecule has 0 aromatic heterocycles. The Labute approximate surface area is 395 Å². The summed E-state index contributed by atoms with van der Waals surface area (Å²) in [7, 11) is -11.1. The fourth-order valence-electron chi connectivity index (χ4n) is 9.26. The quantitative estimate of drug-likeness (QED) is 0.0627. The molecule has 4 aliphatic heterocycles. The third-order valence-corrected chi connectivity index (χ3v) is 16.2. The highest BCUT2D eigenvalue weighted by molar-refractivity contribution is 8.00. The second-order valence-corrected chi connectivity index (χ2v) is 23.1. The summed E-state index contributed by atoms with van der Waals surface area (Å²) in [6.07, 6.45) is 2.55. The number of amides is 3. The lowest BCUT2D eigenvalue weighted by Gasteiger charge is -2.40. The summed E-state index contributed by atoms with van der Waals surface area (Å²) in [6.45, 7) is 11.1. The average molecular weight is 1010 g/mol. The average Bonchev–Trinajstić information content (AvgIpc) is 3.44. The molecule has 2 atom stereocenters. The number of carbonyl (C=O) groups is 4. The maximum Gasteiger partial charge on any atom is 0.337 e. The first-order chi connectivity index (χ1) is 30.2. The Balaban J connectivity index is 1.44. The number of hydrogen-bond donors (Lipinski definition) is 4. The van der Waals surface area contributed by atoms with E-state index in [9.17, 15) is 50.2 Å². The molecule has 1 saturated heterocycles. The maximum atomic E-state index is 14.1. The molecular weight excluding hydrogens is 967 g/mol. The van der Waals surface area contributed by atoms with Gasteiger partial charge in [0.05, 0.1) is 37.1 Å². The number of anilines is 1. The Morgan fingerprint density at radius 2 is 1.65 bits per heavy atom. The van der Waals surface area contributed by atoms with Crippen LogP contribution in [0.5, 0.6) is 11.5 Å². The van der Waals surface area contributed by atoms with Gasteiger partial charge in [0.2, 0.25) is 17.2 Å². The first-order valence-electron chi connectivity index (χ1n) is 20.8. The first kappa shape index (κ1) is 49.0. The van der Waals surface area contributed by atoms with Crippen molar-refractivity contribution < 1.29 is 60.0 Å². The Kier molecular flexibility index (Phi) is 13.3. The van der Waals surface area contributed by atoms with Crippen LogP contribution in [0.4, 0.5) is 5.69 Å². The van der Waals surface area contributed by atoms with Crippen molar-refractivity contribution in [1.29, 1.82) is 0 Å². The van der Waals surface area contributed by atoms with E-state index in [2.05, 4.69) is 15.6 Å². The van der Waals surface area contributed by atoms with Gasteiger partial charge in [-0.05, 0) is 89.2 Å². The molecule has 4 heterocycles. The van der Waals surface area contributed by atoms with Crippen LogP contribution in [0.2, 0.25) is 15.1 Å². The number of carboxylic acid groups (broad SMARTS) is 1. The number of fused-ring (bicyclic) bond motifs is 4. The number of halogens is 3. The van der Waals surface area contributed by atoms with E-state index >= 15 is 0 Å². The van der Waals surface area contributed by atoms with Crippen molar-refractivity contribution in [3.05, 3.63) is 71.2 Å². The number of nitrogens with one attached hydrogen (secondary N) is 3. The number of unbranched alkanes of at least 4 members (excludes halogenated alkanes) is 2. The third kappa shape index (κ3) is 9.11. The lowest BCUT2D eigenvalue weighted by molar-refractivity contribution is -0.589. The maximum absolute atomic E-state index is 14.1. The van der Waals surface area contributed by atoms with Crippen molar-refractivity contribution in [3.8, 4) is 11.5 Å². The molecule has 0 spiro atoms. The van der Waals surface area contributed by atoms with Gasteiger partial charge in [0.25, 0.3) is 5.91 Å². The van der Waals surface area contributed by atoms with Crippen LogP contribution in [0.3, 0.4) is 0 Å². The minimum absolute atomic E-state index is 0.0315. The zero-order valence-corrected chi connectivity index (χ0v) is 40.8. The van der Waals surface area contributed by atoms with Gasteiger partial charge in [-0.15, -0.1) is 11.8 Å². The van der Waals surface area contributed by atoms with Gasteiger partial charge < -0.3 is 29.6 Å². The zero-order chi connectivity index (χ0) is 47.9. The molecule has 7 rings (SSSR count). The van der Waals surface area contributed by atoms with E-state index in [4.69, 9.17) is 39.5 Å². The van der Waals surface area contributed by atoms with Crippen LogP contribution in [-0.2, 0) is 36.2 Å². The van der Waals surface area contributed by atoms with Crippen molar-refractivity contribution in [2.24, 2.45) is 0 Å². The molecule has 16 nitrogen and oxygen atoms in total. The van der Waals surface area contributed by atoms with E-state index in [0.29, 0.717) is 49.0 Å². The number of thioether (sulfide) groups is 1. The summed E-state index contributed by atoms with van der Waals surface area (Å²) in [5, 5.41) is 14.1. The molecule has 0 aliphatic carbocycles. The lowest BCUT2D eigenvalue weighted by atomic mass is 9.79. The Hall–Kier alpha value is -3.95. The van der Waals surface area contributed by atoms with Gasteiger partial charge in [-0.25, -0.2) is 26.6 Å². The van der Waals surface area contributed by atoms with E-state index in [-0.39, 0.29) is 65.1 Å². The number of carboxylic acids is 1. The number of ether oxygens (including phenoxy) is 1. The molecule has 1 fully saturated rings. The highest BCUT2D eigenvalue weighted by Crippen LogP contribution is 2.53. The summed E-state index contributed by atoms with van der Waals surface area (Å²) in [5.41, 5.74) is -3.32. The monoisotopic (exact) mass is 1010 g/mol. The van der Waals surface area contributed by atoms with E-state index < -0.39 is 107 Å². The number of aryl methyl sites for hydroxylation is 1. The first-order valence-corrected chi connectivity index (χ1v) is 25.8. The summed E-state index contributed by atoms with van der Waals surface area (Å²) in [4.78, 5) is 55.1. The van der Waals surface area contributed by atoms with Gasteiger partial charge in [0.1, 0.15) is 25.1 Å². The SMILES string of the molecule is CCSC1CC(=O)N(CCCCCNC(=O)c2c(Cl)c(Cl)c(C(=O)O)c(C3=c4cc5c(c(S(=O)(=O)[O-])c4Oc4c3cc3c(c4S(=O)(=O)[O-])NC(C)(C)CC3C)=[NH+]C(C)(C)CC5)c2Cl)C1=O. The van der Waals surface area contributed by atoms with Crippen LogP contribution >= 0.6 is 46.6 Å². The van der Waals surface area contributed by atoms with Crippen LogP contribution in [-0.4, -0.2) is 94.8 Å². The number of imide groups is 1. The summed E-state index contributed by atoms with van der Waals surface area (Å²) >= 11 is 22.0. The third-order valence-electron chi connectivity index (χ3n) is 12.0. The van der Waals surface area contributed by atoms with Crippen molar-refractivity contribution >= 4 is 102 Å². The summed E-state index contributed by atoms with van der Waals surface area (Å²) in [5.74, 6) is -4.25. The van der Waals surface area contributed by atoms with Gasteiger partial charge in [-0.3, -0.25) is 19.3 Å². The minimum Gasteiger partial charge on any atom is -0.744 e. The Bertz CT molecular complexity index is 2980. The predicted molar refractivity (Wildman–Crippen MR) is 241 cm³/mol. The molecule has 350 valence electrons. The van der Waals surface area contributed by atoms with E-state index in [0.717, 1.165) is 0 Å². The molecule has 0 radical (unpaired) electrons. The number of rotatable bonds is 13. The highest BCUT2D eigenvalue weighted by Gasteiger charge is 2.42. The summed E-state index contributed by atoms with van der Waals surface area (Å²) < 4.78 is 87.1. The number of aromatic carboxylic acids is 1. The zero-order valence-electron chi connectivity index (χ0n) is 36.1. The highest BCUT2D eigenvalue weighted by atomic mass is 35.5. The largest absolute Gasteiger partial charge is 0.744 e. The van der Waals surface area contributed by atoms with Gasteiger partial charge in [0.15, 0.2) is 21.9 Å². The molecule has 65 heavy (non-hydrogen) atoms. The fourth-order valence-corrected chi connectivity index (χ4v) is 12.8. The van der Waals surface area contributed by atoms with E-state index in [1.807, 2.05) is 6.92 Å². The van der Waals surface area contributed by atoms with Gasteiger partial charge >= 0.3 is 5.97 Å². The number of carbonyl (C=O) groups excluding carboxylic acids is 3. The van der Waals surface area contributed by atoms with Crippen molar-refractivity contribution in [3.63, 3.8) is 0 Å². The van der Waals surface area contributed by atoms with Gasteiger partial charge in [-0.2, -0.15) is 0 Å². The molecule has 3 amide bonds. The van der Waals surface area contributed by atoms with Gasteiger partial charge in [0, 0.05) is 59.0 Å². The molecule has 4 aliphatic rings. The van der Waals surface area contributed by atoms with Crippen molar-refractivity contribution in [2.75, 3.05) is 24.2 Å². The Morgan fingerprint density at radius 1 is 0.985 bits per heavy atom.